The van der Waals surface area contributed by atoms with Gasteiger partial charge in [0.25, 0.3) is 5.91 Å². The summed E-state index contributed by atoms with van der Waals surface area (Å²) in [6.07, 6.45) is 3.60. The van der Waals surface area contributed by atoms with Gasteiger partial charge in [0.15, 0.2) is 0 Å². The molecule has 150 valence electrons. The molecule has 0 aromatic carbocycles. The van der Waals surface area contributed by atoms with Crippen molar-refractivity contribution in [2.75, 3.05) is 46.8 Å². The van der Waals surface area contributed by atoms with Crippen LogP contribution in [0.3, 0.4) is 0 Å². The highest BCUT2D eigenvalue weighted by Gasteiger charge is 2.42. The molecule has 0 saturated carbocycles. The zero-order valence-electron chi connectivity index (χ0n) is 17.2. The number of carbonyl (C=O) groups excluding carboxylic acids is 2. The van der Waals surface area contributed by atoms with Crippen LogP contribution in [0.1, 0.15) is 48.8 Å². The molecule has 2 aliphatic heterocycles. The molecule has 27 heavy (non-hydrogen) atoms. The number of amides is 2. The molecule has 7 heteroatoms. The standard InChI is InChI=1S/C20H33N5O2/c1-5-23-14-20(9-7-18(23)26)8-6-10-24(15-20)19(27)17-13-16(2)21-25(17)12-11-22(3)4/h13H,5-12,14-15H2,1-4H3. The number of nitrogens with zero attached hydrogens (tertiary/aromatic N) is 5. The molecule has 2 aliphatic rings. The summed E-state index contributed by atoms with van der Waals surface area (Å²) >= 11 is 0. The van der Waals surface area contributed by atoms with Gasteiger partial charge >= 0.3 is 0 Å². The van der Waals surface area contributed by atoms with Crippen molar-refractivity contribution >= 4 is 11.8 Å². The van der Waals surface area contributed by atoms with Gasteiger partial charge in [-0.2, -0.15) is 5.10 Å². The van der Waals surface area contributed by atoms with E-state index in [2.05, 4.69) is 10.00 Å². The molecular formula is C20H33N5O2. The molecule has 2 fully saturated rings. The molecule has 0 bridgehead atoms. The van der Waals surface area contributed by atoms with E-state index in [1.807, 2.05) is 48.5 Å². The lowest BCUT2D eigenvalue weighted by Gasteiger charge is -2.48. The Kier molecular flexibility index (Phi) is 5.89. The number of rotatable bonds is 5. The SMILES string of the molecule is CCN1CC2(CCCN(C(=O)c3cc(C)nn3CCN(C)C)C2)CCC1=O. The highest BCUT2D eigenvalue weighted by atomic mass is 16.2. The van der Waals surface area contributed by atoms with E-state index in [0.29, 0.717) is 18.7 Å². The summed E-state index contributed by atoms with van der Waals surface area (Å²) in [5.74, 6) is 0.331. The average Bonchev–Trinajstić information content (AvgIpc) is 3.02. The van der Waals surface area contributed by atoms with Crippen LogP contribution >= 0.6 is 0 Å². The molecular weight excluding hydrogens is 342 g/mol. The van der Waals surface area contributed by atoms with E-state index in [1.54, 1.807) is 0 Å². The van der Waals surface area contributed by atoms with E-state index in [1.165, 1.54) is 0 Å². The zero-order valence-corrected chi connectivity index (χ0v) is 17.2. The lowest BCUT2D eigenvalue weighted by atomic mass is 9.73. The second-order valence-corrected chi connectivity index (χ2v) is 8.44. The summed E-state index contributed by atoms with van der Waals surface area (Å²) in [5, 5.41) is 4.53. The van der Waals surface area contributed by atoms with E-state index in [4.69, 9.17) is 0 Å². The summed E-state index contributed by atoms with van der Waals surface area (Å²) in [7, 11) is 4.05. The maximum atomic E-state index is 13.3. The highest BCUT2D eigenvalue weighted by molar-refractivity contribution is 5.93. The van der Waals surface area contributed by atoms with Crippen LogP contribution in [0.25, 0.3) is 0 Å². The van der Waals surface area contributed by atoms with Gasteiger partial charge < -0.3 is 14.7 Å². The van der Waals surface area contributed by atoms with Gasteiger partial charge in [-0.1, -0.05) is 0 Å². The number of hydrogen-bond donors (Lipinski definition) is 0. The summed E-state index contributed by atoms with van der Waals surface area (Å²) < 4.78 is 1.85. The van der Waals surface area contributed by atoms with Gasteiger partial charge in [0.1, 0.15) is 5.69 Å². The van der Waals surface area contributed by atoms with Gasteiger partial charge in [-0.3, -0.25) is 14.3 Å². The Labute approximate surface area is 162 Å². The van der Waals surface area contributed by atoms with Crippen molar-refractivity contribution < 1.29 is 9.59 Å². The van der Waals surface area contributed by atoms with Gasteiger partial charge in [0, 0.05) is 44.6 Å². The Balaban J connectivity index is 1.75. The Morgan fingerprint density at radius 3 is 2.78 bits per heavy atom. The fraction of sp³-hybridized carbons (Fsp3) is 0.750. The lowest BCUT2D eigenvalue weighted by Crippen LogP contribution is -2.55. The van der Waals surface area contributed by atoms with Crippen LogP contribution in [-0.4, -0.2) is 83.1 Å². The van der Waals surface area contributed by atoms with E-state index in [-0.39, 0.29) is 17.2 Å². The number of likely N-dealkylation sites (tertiary alicyclic amines) is 2. The van der Waals surface area contributed by atoms with Crippen molar-refractivity contribution in [1.82, 2.24) is 24.5 Å². The third kappa shape index (κ3) is 4.34. The van der Waals surface area contributed by atoms with Crippen LogP contribution in [0.5, 0.6) is 0 Å². The van der Waals surface area contributed by atoms with E-state index >= 15 is 0 Å². The zero-order chi connectivity index (χ0) is 19.6. The van der Waals surface area contributed by atoms with Crippen molar-refractivity contribution in [2.24, 2.45) is 5.41 Å². The van der Waals surface area contributed by atoms with Gasteiger partial charge in [0.2, 0.25) is 5.91 Å². The van der Waals surface area contributed by atoms with Crippen LogP contribution in [0.15, 0.2) is 6.07 Å². The molecule has 0 aliphatic carbocycles. The molecule has 1 aromatic heterocycles. The van der Waals surface area contributed by atoms with Crippen molar-refractivity contribution in [2.45, 2.75) is 46.1 Å². The molecule has 1 aromatic rings. The normalized spacial score (nSPS) is 23.5. The predicted molar refractivity (Wildman–Crippen MR) is 105 cm³/mol. The third-order valence-corrected chi connectivity index (χ3v) is 5.96. The molecule has 1 unspecified atom stereocenters. The van der Waals surface area contributed by atoms with Gasteiger partial charge in [0.05, 0.1) is 12.2 Å². The quantitative estimate of drug-likeness (QED) is 0.785. The van der Waals surface area contributed by atoms with Gasteiger partial charge in [-0.25, -0.2) is 0 Å². The highest BCUT2D eigenvalue weighted by Crippen LogP contribution is 2.39. The van der Waals surface area contributed by atoms with Crippen molar-refractivity contribution in [3.63, 3.8) is 0 Å². The lowest BCUT2D eigenvalue weighted by molar-refractivity contribution is -0.138. The first-order valence-electron chi connectivity index (χ1n) is 10.1. The molecule has 1 spiro atoms. The molecule has 3 heterocycles. The van der Waals surface area contributed by atoms with E-state index in [9.17, 15) is 9.59 Å². The Morgan fingerprint density at radius 1 is 1.30 bits per heavy atom. The molecule has 1 atom stereocenters. The van der Waals surface area contributed by atoms with Gasteiger partial charge in [-0.05, 0) is 53.3 Å². The maximum Gasteiger partial charge on any atom is 0.272 e. The van der Waals surface area contributed by atoms with Gasteiger partial charge in [-0.15, -0.1) is 0 Å². The summed E-state index contributed by atoms with van der Waals surface area (Å²) in [6, 6.07) is 1.90. The van der Waals surface area contributed by atoms with E-state index in [0.717, 1.165) is 57.7 Å². The topological polar surface area (TPSA) is 61.7 Å². The second kappa shape index (κ2) is 8.00. The minimum atomic E-state index is 0.0569. The molecule has 3 rings (SSSR count). The summed E-state index contributed by atoms with van der Waals surface area (Å²) in [5.41, 5.74) is 1.62. The molecule has 7 nitrogen and oxygen atoms in total. The number of carbonyl (C=O) groups is 2. The minimum absolute atomic E-state index is 0.0569. The summed E-state index contributed by atoms with van der Waals surface area (Å²) in [4.78, 5) is 31.4. The van der Waals surface area contributed by atoms with E-state index < -0.39 is 0 Å². The number of aromatic nitrogens is 2. The average molecular weight is 376 g/mol. The van der Waals surface area contributed by atoms with Crippen LogP contribution in [-0.2, 0) is 11.3 Å². The monoisotopic (exact) mass is 375 g/mol. The Bertz CT molecular complexity index is 699. The van der Waals surface area contributed by atoms with Crippen LogP contribution in [0.2, 0.25) is 0 Å². The van der Waals surface area contributed by atoms with Crippen LogP contribution in [0.4, 0.5) is 0 Å². The minimum Gasteiger partial charge on any atom is -0.342 e. The molecule has 2 amide bonds. The fourth-order valence-corrected chi connectivity index (χ4v) is 4.45. The molecule has 0 N–H and O–H groups in total. The van der Waals surface area contributed by atoms with Crippen LogP contribution in [0, 0.1) is 12.3 Å². The number of aryl methyl sites for hydroxylation is 1. The first-order valence-corrected chi connectivity index (χ1v) is 10.1. The third-order valence-electron chi connectivity index (χ3n) is 5.96. The number of hydrogen-bond acceptors (Lipinski definition) is 4. The Hall–Kier alpha value is -1.89. The van der Waals surface area contributed by atoms with Crippen LogP contribution < -0.4 is 0 Å². The number of piperidine rings is 2. The predicted octanol–water partition coefficient (Wildman–Crippen LogP) is 1.62. The largest absolute Gasteiger partial charge is 0.342 e. The first-order chi connectivity index (χ1) is 12.8. The molecule has 2 saturated heterocycles. The fourth-order valence-electron chi connectivity index (χ4n) is 4.45. The first kappa shape index (κ1) is 19.9. The molecule has 0 radical (unpaired) electrons. The van der Waals surface area contributed by atoms with Crippen molar-refractivity contribution in [1.29, 1.82) is 0 Å². The summed E-state index contributed by atoms with van der Waals surface area (Å²) in [6.45, 7) is 8.60. The second-order valence-electron chi connectivity index (χ2n) is 8.44. The smallest absolute Gasteiger partial charge is 0.272 e. The number of likely N-dealkylation sites (N-methyl/N-ethyl adjacent to an activating group) is 1. The van der Waals surface area contributed by atoms with Crippen molar-refractivity contribution in [3.8, 4) is 0 Å². The Morgan fingerprint density at radius 2 is 2.07 bits per heavy atom. The van der Waals surface area contributed by atoms with Crippen molar-refractivity contribution in [3.05, 3.63) is 17.5 Å². The maximum absolute atomic E-state index is 13.3.